The zero-order valence-electron chi connectivity index (χ0n) is 12.5. The maximum absolute atomic E-state index is 11.5. The molecule has 3 rings (SSSR count). The van der Waals surface area contributed by atoms with Crippen LogP contribution in [-0.4, -0.2) is 14.7 Å². The first-order chi connectivity index (χ1) is 10.4. The third kappa shape index (κ3) is 3.09. The van der Waals surface area contributed by atoms with Gasteiger partial charge in [-0.1, -0.05) is 6.07 Å². The van der Waals surface area contributed by atoms with Crippen LogP contribution in [-0.2, 0) is 16.3 Å². The van der Waals surface area contributed by atoms with Crippen molar-refractivity contribution in [2.24, 2.45) is 0 Å². The largest absolute Gasteiger partial charge is 0.399 e. The van der Waals surface area contributed by atoms with Crippen molar-refractivity contribution in [3.05, 3.63) is 53.6 Å². The molecule has 1 aliphatic carbocycles. The predicted octanol–water partition coefficient (Wildman–Crippen LogP) is 3.16. The Balaban J connectivity index is 1.83. The molecule has 0 radical (unpaired) electrons. The van der Waals surface area contributed by atoms with Crippen molar-refractivity contribution in [2.75, 3.05) is 17.3 Å². The van der Waals surface area contributed by atoms with Gasteiger partial charge < -0.3 is 11.1 Å². The number of aryl methyl sites for hydroxylation is 1. The van der Waals surface area contributed by atoms with E-state index >= 15 is 0 Å². The first kappa shape index (κ1) is 14.9. The van der Waals surface area contributed by atoms with Gasteiger partial charge in [0.25, 0.3) is 0 Å². The third-order valence-corrected chi connectivity index (χ3v) is 5.23. The number of anilines is 2. The highest BCUT2D eigenvalue weighted by atomic mass is 32.2. The Kier molecular flexibility index (Phi) is 3.83. The topological polar surface area (TPSA) is 72.2 Å². The Hall–Kier alpha value is -2.01. The van der Waals surface area contributed by atoms with Gasteiger partial charge in [-0.3, -0.25) is 0 Å². The minimum absolute atomic E-state index is 0.244. The van der Waals surface area contributed by atoms with Crippen LogP contribution in [0.15, 0.2) is 47.4 Å². The zero-order chi connectivity index (χ0) is 15.7. The maximum Gasteiger partial charge on any atom is 0.175 e. The summed E-state index contributed by atoms with van der Waals surface area (Å²) in [7, 11) is -3.15. The Labute approximate surface area is 131 Å². The number of hydrogen-bond acceptors (Lipinski definition) is 4. The molecule has 3 N–H and O–H groups in total. The monoisotopic (exact) mass is 316 g/mol. The molecule has 0 bridgehead atoms. The van der Waals surface area contributed by atoms with Gasteiger partial charge in [0.05, 0.1) is 10.9 Å². The molecule has 1 aliphatic rings. The maximum atomic E-state index is 11.5. The molecule has 2 aromatic carbocycles. The van der Waals surface area contributed by atoms with Crippen LogP contribution in [0.4, 0.5) is 11.4 Å². The van der Waals surface area contributed by atoms with Gasteiger partial charge in [0.2, 0.25) is 0 Å². The van der Waals surface area contributed by atoms with Gasteiger partial charge in [-0.05, 0) is 66.8 Å². The van der Waals surface area contributed by atoms with Crippen LogP contribution >= 0.6 is 0 Å². The third-order valence-electron chi connectivity index (χ3n) is 4.10. The lowest BCUT2D eigenvalue weighted by molar-refractivity contribution is 0.600. The Bertz CT molecular complexity index is 783. The standard InChI is InChI=1S/C17H20N2O2S/c1-22(20,21)15-8-6-14(7-9-15)19-17-4-2-3-12-11-13(18)5-10-16(12)17/h5-11,17,19H,2-4,18H2,1H3. The van der Waals surface area contributed by atoms with Crippen LogP contribution in [0.2, 0.25) is 0 Å². The summed E-state index contributed by atoms with van der Waals surface area (Å²) in [4.78, 5) is 0.342. The fourth-order valence-electron chi connectivity index (χ4n) is 2.98. The van der Waals surface area contributed by atoms with E-state index in [1.165, 1.54) is 17.4 Å². The first-order valence-electron chi connectivity index (χ1n) is 7.38. The summed E-state index contributed by atoms with van der Waals surface area (Å²) >= 11 is 0. The number of nitrogen functional groups attached to an aromatic ring is 1. The van der Waals surface area contributed by atoms with Crippen molar-refractivity contribution in [1.29, 1.82) is 0 Å². The smallest absolute Gasteiger partial charge is 0.175 e. The molecule has 0 heterocycles. The van der Waals surface area contributed by atoms with E-state index in [2.05, 4.69) is 17.4 Å². The molecule has 0 aliphatic heterocycles. The quantitative estimate of drug-likeness (QED) is 0.853. The van der Waals surface area contributed by atoms with Gasteiger partial charge in [-0.2, -0.15) is 0 Å². The summed E-state index contributed by atoms with van der Waals surface area (Å²) in [5.41, 5.74) is 10.2. The molecule has 0 aromatic heterocycles. The molecule has 116 valence electrons. The van der Waals surface area contributed by atoms with Gasteiger partial charge >= 0.3 is 0 Å². The number of hydrogen-bond donors (Lipinski definition) is 2. The van der Waals surface area contributed by atoms with Crippen molar-refractivity contribution in [1.82, 2.24) is 0 Å². The average Bonchev–Trinajstić information content (AvgIpc) is 2.47. The second-order valence-corrected chi connectivity index (χ2v) is 7.86. The molecule has 0 amide bonds. The van der Waals surface area contributed by atoms with E-state index in [4.69, 9.17) is 5.73 Å². The number of rotatable bonds is 3. The van der Waals surface area contributed by atoms with Crippen LogP contribution in [0.1, 0.15) is 30.0 Å². The number of benzene rings is 2. The van der Waals surface area contributed by atoms with Crippen LogP contribution in [0.5, 0.6) is 0 Å². The molecular weight excluding hydrogens is 296 g/mol. The molecule has 22 heavy (non-hydrogen) atoms. The predicted molar refractivity (Wildman–Crippen MR) is 89.7 cm³/mol. The van der Waals surface area contributed by atoms with Crippen LogP contribution in [0.3, 0.4) is 0 Å². The molecule has 0 saturated heterocycles. The second-order valence-electron chi connectivity index (χ2n) is 5.84. The van der Waals surface area contributed by atoms with Crippen molar-refractivity contribution in [3.63, 3.8) is 0 Å². The molecule has 1 atom stereocenters. The molecule has 0 fully saturated rings. The second kappa shape index (κ2) is 5.65. The number of sulfone groups is 1. The highest BCUT2D eigenvalue weighted by Gasteiger charge is 2.20. The van der Waals surface area contributed by atoms with Crippen molar-refractivity contribution in [3.8, 4) is 0 Å². The normalized spacial score (nSPS) is 17.8. The fourth-order valence-corrected chi connectivity index (χ4v) is 3.61. The zero-order valence-corrected chi connectivity index (χ0v) is 13.4. The van der Waals surface area contributed by atoms with Gasteiger partial charge in [-0.15, -0.1) is 0 Å². The summed E-state index contributed by atoms with van der Waals surface area (Å²) < 4.78 is 23.0. The lowest BCUT2D eigenvalue weighted by Crippen LogP contribution is -2.17. The van der Waals surface area contributed by atoms with Gasteiger partial charge in [0.15, 0.2) is 9.84 Å². The van der Waals surface area contributed by atoms with Gasteiger partial charge in [0, 0.05) is 17.6 Å². The average molecular weight is 316 g/mol. The van der Waals surface area contributed by atoms with Crippen molar-refractivity contribution < 1.29 is 8.42 Å². The van der Waals surface area contributed by atoms with E-state index in [1.807, 2.05) is 18.2 Å². The highest BCUT2D eigenvalue weighted by molar-refractivity contribution is 7.90. The lowest BCUT2D eigenvalue weighted by Gasteiger charge is -2.27. The summed E-state index contributed by atoms with van der Waals surface area (Å²) in [6.45, 7) is 0. The number of fused-ring (bicyclic) bond motifs is 1. The van der Waals surface area contributed by atoms with Crippen LogP contribution in [0, 0.1) is 0 Å². The molecule has 0 saturated carbocycles. The number of nitrogens with two attached hydrogens (primary N) is 1. The Morgan fingerprint density at radius 3 is 2.55 bits per heavy atom. The van der Waals surface area contributed by atoms with E-state index < -0.39 is 9.84 Å². The van der Waals surface area contributed by atoms with E-state index in [9.17, 15) is 8.42 Å². The first-order valence-corrected chi connectivity index (χ1v) is 9.27. The van der Waals surface area contributed by atoms with Crippen molar-refractivity contribution >= 4 is 21.2 Å². The summed E-state index contributed by atoms with van der Waals surface area (Å²) in [6, 6.07) is 13.3. The summed E-state index contributed by atoms with van der Waals surface area (Å²) in [5, 5.41) is 3.50. The Morgan fingerprint density at radius 2 is 1.86 bits per heavy atom. The van der Waals surface area contributed by atoms with E-state index in [-0.39, 0.29) is 6.04 Å². The minimum atomic E-state index is -3.15. The lowest BCUT2D eigenvalue weighted by atomic mass is 9.87. The van der Waals surface area contributed by atoms with Gasteiger partial charge in [-0.25, -0.2) is 8.42 Å². The van der Waals surface area contributed by atoms with E-state index in [1.54, 1.807) is 12.1 Å². The van der Waals surface area contributed by atoms with Crippen LogP contribution < -0.4 is 11.1 Å². The highest BCUT2D eigenvalue weighted by Crippen LogP contribution is 2.33. The van der Waals surface area contributed by atoms with Gasteiger partial charge in [0.1, 0.15) is 0 Å². The SMILES string of the molecule is CS(=O)(=O)c1ccc(NC2CCCc3cc(N)ccc32)cc1. The molecule has 2 aromatic rings. The van der Waals surface area contributed by atoms with Crippen molar-refractivity contribution in [2.45, 2.75) is 30.2 Å². The Morgan fingerprint density at radius 1 is 1.14 bits per heavy atom. The van der Waals surface area contributed by atoms with E-state index in [0.29, 0.717) is 4.90 Å². The minimum Gasteiger partial charge on any atom is -0.399 e. The molecule has 1 unspecified atom stereocenters. The van der Waals surface area contributed by atoms with E-state index in [0.717, 1.165) is 30.6 Å². The molecule has 4 nitrogen and oxygen atoms in total. The number of nitrogens with one attached hydrogen (secondary N) is 1. The summed E-state index contributed by atoms with van der Waals surface area (Å²) in [6.07, 6.45) is 4.46. The van der Waals surface area contributed by atoms with Crippen LogP contribution in [0.25, 0.3) is 0 Å². The molecular formula is C17H20N2O2S. The molecule has 0 spiro atoms. The fraction of sp³-hybridized carbons (Fsp3) is 0.294. The molecule has 5 heteroatoms. The summed E-state index contributed by atoms with van der Waals surface area (Å²) in [5.74, 6) is 0.